The molecule has 0 saturated carbocycles. The first kappa shape index (κ1) is 26.2. The van der Waals surface area contributed by atoms with Gasteiger partial charge in [-0.05, 0) is 41.0 Å². The molecule has 0 aliphatic heterocycles. The van der Waals surface area contributed by atoms with Crippen LogP contribution in [-0.2, 0) is 29.4 Å². The summed E-state index contributed by atoms with van der Waals surface area (Å²) in [6, 6.07) is 21.6. The van der Waals surface area contributed by atoms with Gasteiger partial charge in [-0.25, -0.2) is 18.0 Å². The van der Waals surface area contributed by atoms with Crippen molar-refractivity contribution in [2.75, 3.05) is 20.0 Å². The molecule has 0 amide bonds. The van der Waals surface area contributed by atoms with Crippen molar-refractivity contribution >= 4 is 49.0 Å². The quantitative estimate of drug-likeness (QED) is 0.122. The molecule has 0 heterocycles. The van der Waals surface area contributed by atoms with Crippen LogP contribution in [0, 0.1) is 0 Å². The van der Waals surface area contributed by atoms with Crippen molar-refractivity contribution in [1.82, 2.24) is 0 Å². The van der Waals surface area contributed by atoms with E-state index >= 15 is 0 Å². The number of alkyl halides is 1. The van der Waals surface area contributed by atoms with E-state index in [9.17, 15) is 18.0 Å². The molecule has 0 aliphatic rings. The lowest BCUT2D eigenvalue weighted by Crippen LogP contribution is -2.15. The largest absolute Gasteiger partial charge is 0.514 e. The van der Waals surface area contributed by atoms with Crippen LogP contribution in [0.1, 0.15) is 16.7 Å². The Morgan fingerprint density at radius 3 is 2.17 bits per heavy atom. The van der Waals surface area contributed by atoms with Gasteiger partial charge < -0.3 is 14.2 Å². The number of carbonyl (C=O) groups excluding carboxylic acids is 2. The summed E-state index contributed by atoms with van der Waals surface area (Å²) >= 11 is 3.35. The van der Waals surface area contributed by atoms with Gasteiger partial charge in [-0.3, -0.25) is 0 Å². The van der Waals surface area contributed by atoms with Gasteiger partial charge in [-0.15, -0.1) is 0 Å². The first-order chi connectivity index (χ1) is 16.7. The Hall–Kier alpha value is -3.43. The molecule has 0 saturated heterocycles. The Balaban J connectivity index is 1.99. The molecule has 3 rings (SSSR count). The van der Waals surface area contributed by atoms with Crippen LogP contribution < -0.4 is 4.74 Å². The summed E-state index contributed by atoms with van der Waals surface area (Å²) in [5, 5.41) is 0.592. The topological polar surface area (TPSA) is 96.0 Å². The molecule has 0 spiro atoms. The summed E-state index contributed by atoms with van der Waals surface area (Å²) in [5.41, 5.74) is 2.45. The van der Waals surface area contributed by atoms with Crippen LogP contribution in [0.5, 0.6) is 5.75 Å². The molecular weight excluding hydrogens is 536 g/mol. The molecule has 0 bridgehead atoms. The van der Waals surface area contributed by atoms with Gasteiger partial charge in [-0.1, -0.05) is 70.5 Å². The maximum Gasteiger partial charge on any atom is 0.514 e. The van der Waals surface area contributed by atoms with E-state index in [-0.39, 0.29) is 17.1 Å². The van der Waals surface area contributed by atoms with Crippen molar-refractivity contribution in [3.63, 3.8) is 0 Å². The first-order valence-corrected chi connectivity index (χ1v) is 13.4. The zero-order valence-corrected chi connectivity index (χ0v) is 21.5. The van der Waals surface area contributed by atoms with E-state index in [2.05, 4.69) is 15.9 Å². The minimum absolute atomic E-state index is 0.118. The van der Waals surface area contributed by atoms with Gasteiger partial charge in [-0.2, -0.15) is 0 Å². The predicted octanol–water partition coefficient (Wildman–Crippen LogP) is 5.28. The Bertz CT molecular complexity index is 1330. The van der Waals surface area contributed by atoms with Crippen molar-refractivity contribution in [2.45, 2.75) is 10.2 Å². The van der Waals surface area contributed by atoms with Crippen LogP contribution >= 0.6 is 15.9 Å². The predicted molar refractivity (Wildman–Crippen MR) is 136 cm³/mol. The van der Waals surface area contributed by atoms with E-state index in [1.807, 2.05) is 6.07 Å². The second kappa shape index (κ2) is 11.8. The fourth-order valence-electron chi connectivity index (χ4n) is 3.27. The van der Waals surface area contributed by atoms with Crippen LogP contribution in [0.2, 0.25) is 0 Å². The normalized spacial score (nSPS) is 11.9. The van der Waals surface area contributed by atoms with Crippen LogP contribution in [0.15, 0.2) is 83.8 Å². The molecule has 0 N–H and O–H groups in total. The van der Waals surface area contributed by atoms with Crippen LogP contribution in [0.25, 0.3) is 11.1 Å². The number of esters is 1. The first-order valence-electron chi connectivity index (χ1n) is 10.4. The molecule has 0 atom stereocenters. The van der Waals surface area contributed by atoms with Gasteiger partial charge in [0.05, 0.1) is 17.6 Å². The lowest BCUT2D eigenvalue weighted by Gasteiger charge is -2.16. The van der Waals surface area contributed by atoms with Gasteiger partial charge in [0.15, 0.2) is 9.84 Å². The second-order valence-electron chi connectivity index (χ2n) is 7.43. The van der Waals surface area contributed by atoms with Crippen LogP contribution in [0.4, 0.5) is 4.79 Å². The average molecular weight is 559 g/mol. The van der Waals surface area contributed by atoms with Gasteiger partial charge in [0, 0.05) is 17.2 Å². The highest BCUT2D eigenvalue weighted by Crippen LogP contribution is 2.29. The van der Waals surface area contributed by atoms with Gasteiger partial charge in [0.2, 0.25) is 0 Å². The standard InChI is InChI=1S/C26H23BrO7S/c1-32-25(28)24(20-8-4-3-5-9-20)23(19-11-13-22(14-12-19)35(2,30)31)17-33-26(29)34-21-10-6-7-18(15-21)16-27/h3-15H,16-17H2,1-2H3/b24-23+. The third-order valence-corrected chi connectivity index (χ3v) is 6.75. The van der Waals surface area contributed by atoms with Gasteiger partial charge in [0.1, 0.15) is 12.4 Å². The number of rotatable bonds is 8. The lowest BCUT2D eigenvalue weighted by molar-refractivity contribution is -0.133. The summed E-state index contributed by atoms with van der Waals surface area (Å²) in [7, 11) is -2.17. The van der Waals surface area contributed by atoms with E-state index in [1.54, 1.807) is 60.7 Å². The number of halogens is 1. The molecule has 3 aromatic rings. The van der Waals surface area contributed by atoms with Gasteiger partial charge >= 0.3 is 12.1 Å². The van der Waals surface area contributed by atoms with Crippen molar-refractivity contribution in [3.8, 4) is 5.75 Å². The molecule has 0 radical (unpaired) electrons. The Morgan fingerprint density at radius 2 is 1.57 bits per heavy atom. The van der Waals surface area contributed by atoms with E-state index in [4.69, 9.17) is 14.2 Å². The minimum atomic E-state index is -3.42. The Labute approximate surface area is 212 Å². The smallest absolute Gasteiger partial charge is 0.465 e. The summed E-state index contributed by atoms with van der Waals surface area (Å²) in [6.07, 6.45) is 0.144. The SMILES string of the molecule is COC(=O)/C(=C(\COC(=O)Oc1cccc(CBr)c1)c1ccc(S(C)(=O)=O)cc1)c1ccccc1. The molecule has 35 heavy (non-hydrogen) atoms. The number of hydrogen-bond donors (Lipinski definition) is 0. The number of benzene rings is 3. The third kappa shape index (κ3) is 7.03. The molecule has 7 nitrogen and oxygen atoms in total. The number of sulfone groups is 1. The molecule has 0 aromatic heterocycles. The van der Waals surface area contributed by atoms with E-state index in [0.717, 1.165) is 11.8 Å². The highest BCUT2D eigenvalue weighted by molar-refractivity contribution is 9.08. The van der Waals surface area contributed by atoms with E-state index < -0.39 is 22.0 Å². The molecule has 0 unspecified atom stereocenters. The van der Waals surface area contributed by atoms with Crippen molar-refractivity contribution < 1.29 is 32.2 Å². The fourth-order valence-corrected chi connectivity index (χ4v) is 4.25. The maximum absolute atomic E-state index is 12.8. The van der Waals surface area contributed by atoms with E-state index in [1.165, 1.54) is 19.2 Å². The van der Waals surface area contributed by atoms with Crippen LogP contribution in [0.3, 0.4) is 0 Å². The number of hydrogen-bond acceptors (Lipinski definition) is 7. The summed E-state index contributed by atoms with van der Waals surface area (Å²) in [5.74, 6) is -0.327. The molecule has 9 heteroatoms. The molecule has 182 valence electrons. The highest BCUT2D eigenvalue weighted by Gasteiger charge is 2.22. The van der Waals surface area contributed by atoms with Crippen molar-refractivity contribution in [2.24, 2.45) is 0 Å². The zero-order chi connectivity index (χ0) is 25.4. The summed E-state index contributed by atoms with van der Waals surface area (Å²) in [6.45, 7) is -0.325. The Morgan fingerprint density at radius 1 is 0.886 bits per heavy atom. The monoisotopic (exact) mass is 558 g/mol. The van der Waals surface area contributed by atoms with Crippen molar-refractivity contribution in [3.05, 3.63) is 95.6 Å². The number of carbonyl (C=O) groups is 2. The number of ether oxygens (including phenoxy) is 3. The fraction of sp³-hybridized carbons (Fsp3) is 0.154. The maximum atomic E-state index is 12.8. The molecule has 0 fully saturated rings. The summed E-state index contributed by atoms with van der Waals surface area (Å²) < 4.78 is 39.4. The number of methoxy groups -OCH3 is 1. The lowest BCUT2D eigenvalue weighted by atomic mass is 9.95. The highest BCUT2D eigenvalue weighted by atomic mass is 79.9. The molecular formula is C26H23BrO7S. The average Bonchev–Trinajstić information content (AvgIpc) is 2.86. The van der Waals surface area contributed by atoms with Crippen LogP contribution in [-0.4, -0.2) is 40.5 Å². The zero-order valence-electron chi connectivity index (χ0n) is 19.1. The van der Waals surface area contributed by atoms with Crippen molar-refractivity contribution in [1.29, 1.82) is 0 Å². The van der Waals surface area contributed by atoms with E-state index in [0.29, 0.717) is 27.8 Å². The molecule has 3 aromatic carbocycles. The minimum Gasteiger partial charge on any atom is -0.465 e. The Kier molecular flexibility index (Phi) is 8.84. The van der Waals surface area contributed by atoms with Gasteiger partial charge in [0.25, 0.3) is 0 Å². The second-order valence-corrected chi connectivity index (χ2v) is 10.0. The third-order valence-electron chi connectivity index (χ3n) is 4.97. The summed E-state index contributed by atoms with van der Waals surface area (Å²) in [4.78, 5) is 25.4. The molecule has 0 aliphatic carbocycles.